The van der Waals surface area contributed by atoms with Crippen LogP contribution in [0.4, 0.5) is 5.69 Å². The molecule has 5 heteroatoms. The largest absolute Gasteiger partial charge is 0.399 e. The van der Waals surface area contributed by atoms with Crippen LogP contribution in [0.2, 0.25) is 0 Å². The van der Waals surface area contributed by atoms with Gasteiger partial charge in [0.05, 0.1) is 12.7 Å². The molecule has 0 bridgehead atoms. The fourth-order valence-electron chi connectivity index (χ4n) is 3.85. The highest BCUT2D eigenvalue weighted by Gasteiger charge is 2.46. The minimum absolute atomic E-state index is 0.235. The van der Waals surface area contributed by atoms with Crippen LogP contribution in [0.1, 0.15) is 35.5 Å². The Labute approximate surface area is 129 Å². The molecule has 1 atom stereocenters. The fraction of sp³-hybridized carbons (Fsp3) is 0.412. The van der Waals surface area contributed by atoms with E-state index in [0.29, 0.717) is 5.84 Å². The number of hydrogen-bond acceptors (Lipinski definition) is 4. The molecule has 5 rings (SSSR count). The molecule has 1 fully saturated rings. The van der Waals surface area contributed by atoms with E-state index in [-0.39, 0.29) is 5.54 Å². The van der Waals surface area contributed by atoms with E-state index >= 15 is 0 Å². The smallest absolute Gasteiger partial charge is 0.145 e. The zero-order chi connectivity index (χ0) is 14.9. The number of rotatable bonds is 2. The number of imidazole rings is 1. The molecule has 1 saturated carbocycles. The van der Waals surface area contributed by atoms with E-state index in [1.54, 1.807) is 0 Å². The van der Waals surface area contributed by atoms with Gasteiger partial charge < -0.3 is 16.0 Å². The minimum atomic E-state index is -0.235. The van der Waals surface area contributed by atoms with Gasteiger partial charge in [0.15, 0.2) is 0 Å². The monoisotopic (exact) mass is 293 g/mol. The molecule has 0 amide bonds. The van der Waals surface area contributed by atoms with Crippen molar-refractivity contribution < 1.29 is 0 Å². The van der Waals surface area contributed by atoms with Crippen LogP contribution in [0, 0.1) is 5.92 Å². The van der Waals surface area contributed by atoms with Crippen molar-refractivity contribution in [1.29, 1.82) is 0 Å². The van der Waals surface area contributed by atoms with Crippen LogP contribution in [0.5, 0.6) is 0 Å². The Morgan fingerprint density at radius 2 is 2.14 bits per heavy atom. The summed E-state index contributed by atoms with van der Waals surface area (Å²) in [6.07, 6.45) is 6.53. The number of aromatic nitrogens is 2. The minimum Gasteiger partial charge on any atom is -0.399 e. The second kappa shape index (κ2) is 3.91. The number of aliphatic imine (C=N–C) groups is 1. The highest BCUT2D eigenvalue weighted by molar-refractivity contribution is 5.97. The molecule has 1 spiro atoms. The van der Waals surface area contributed by atoms with Crippen LogP contribution in [0.25, 0.3) is 0 Å². The summed E-state index contributed by atoms with van der Waals surface area (Å²) in [6.45, 7) is 0.835. The lowest BCUT2D eigenvalue weighted by molar-refractivity contribution is 0.314. The number of benzene rings is 1. The summed E-state index contributed by atoms with van der Waals surface area (Å²) >= 11 is 0. The van der Waals surface area contributed by atoms with Crippen LogP contribution >= 0.6 is 0 Å². The summed E-state index contributed by atoms with van der Waals surface area (Å²) in [5.74, 6) is 2.58. The van der Waals surface area contributed by atoms with Crippen molar-refractivity contribution in [1.82, 2.24) is 9.55 Å². The zero-order valence-electron chi connectivity index (χ0n) is 12.4. The van der Waals surface area contributed by atoms with Crippen molar-refractivity contribution in [3.05, 3.63) is 47.0 Å². The van der Waals surface area contributed by atoms with Crippen molar-refractivity contribution in [3.63, 3.8) is 0 Å². The molecule has 2 heterocycles. The van der Waals surface area contributed by atoms with Crippen LogP contribution < -0.4 is 11.5 Å². The van der Waals surface area contributed by atoms with Crippen molar-refractivity contribution in [2.45, 2.75) is 37.8 Å². The topological polar surface area (TPSA) is 82.2 Å². The second-order valence-electron chi connectivity index (χ2n) is 6.92. The molecule has 1 aromatic carbocycles. The van der Waals surface area contributed by atoms with Crippen molar-refractivity contribution in [2.75, 3.05) is 5.73 Å². The van der Waals surface area contributed by atoms with Gasteiger partial charge in [0.25, 0.3) is 0 Å². The summed E-state index contributed by atoms with van der Waals surface area (Å²) in [4.78, 5) is 9.43. The van der Waals surface area contributed by atoms with Crippen molar-refractivity contribution in [3.8, 4) is 0 Å². The molecular formula is C17H19N5. The highest BCUT2D eigenvalue weighted by Crippen LogP contribution is 2.47. The lowest BCUT2D eigenvalue weighted by Crippen LogP contribution is -2.46. The number of nitrogens with two attached hydrogens (primary N) is 2. The number of nitrogen functional groups attached to an aromatic ring is 1. The second-order valence-corrected chi connectivity index (χ2v) is 6.92. The van der Waals surface area contributed by atoms with E-state index in [1.807, 2.05) is 12.3 Å². The summed E-state index contributed by atoms with van der Waals surface area (Å²) < 4.78 is 2.28. The van der Waals surface area contributed by atoms with Crippen LogP contribution in [0.15, 0.2) is 29.4 Å². The van der Waals surface area contributed by atoms with Gasteiger partial charge in [-0.1, -0.05) is 6.07 Å². The first-order chi connectivity index (χ1) is 10.6. The van der Waals surface area contributed by atoms with Crippen molar-refractivity contribution in [2.24, 2.45) is 16.6 Å². The maximum absolute atomic E-state index is 6.24. The Balaban J connectivity index is 1.59. The first-order valence-corrected chi connectivity index (χ1v) is 7.94. The lowest BCUT2D eigenvalue weighted by atomic mass is 9.70. The molecule has 2 aliphatic carbocycles. The third-order valence-corrected chi connectivity index (χ3v) is 5.24. The van der Waals surface area contributed by atoms with Crippen LogP contribution in [0.3, 0.4) is 0 Å². The predicted molar refractivity (Wildman–Crippen MR) is 85.6 cm³/mol. The van der Waals surface area contributed by atoms with Gasteiger partial charge in [0.2, 0.25) is 0 Å². The van der Waals surface area contributed by atoms with E-state index in [1.165, 1.54) is 24.0 Å². The van der Waals surface area contributed by atoms with E-state index in [4.69, 9.17) is 16.5 Å². The first kappa shape index (κ1) is 12.3. The zero-order valence-corrected chi connectivity index (χ0v) is 12.4. The summed E-state index contributed by atoms with van der Waals surface area (Å²) in [6, 6.07) is 6.12. The normalized spacial score (nSPS) is 25.4. The first-order valence-electron chi connectivity index (χ1n) is 7.94. The van der Waals surface area contributed by atoms with Gasteiger partial charge in [-0.3, -0.25) is 4.99 Å². The Kier molecular flexibility index (Phi) is 2.18. The summed E-state index contributed by atoms with van der Waals surface area (Å²) in [7, 11) is 0. The maximum atomic E-state index is 6.24. The predicted octanol–water partition coefficient (Wildman–Crippen LogP) is 1.59. The summed E-state index contributed by atoms with van der Waals surface area (Å²) in [5, 5.41) is 0. The molecule has 0 unspecified atom stereocenters. The van der Waals surface area contributed by atoms with E-state index in [9.17, 15) is 0 Å². The SMILES string of the molecule is NC1=N[C@@]2(Cc3ccc(N)cc32)Cn2c1cnc2CC1CC1. The van der Waals surface area contributed by atoms with Crippen LogP contribution in [-0.2, 0) is 24.9 Å². The lowest BCUT2D eigenvalue weighted by Gasteiger charge is -2.44. The molecule has 112 valence electrons. The number of hydrogen-bond donors (Lipinski definition) is 2. The molecule has 0 radical (unpaired) electrons. The van der Waals surface area contributed by atoms with Gasteiger partial charge >= 0.3 is 0 Å². The molecule has 0 saturated heterocycles. The Morgan fingerprint density at radius 3 is 2.95 bits per heavy atom. The van der Waals surface area contributed by atoms with Gasteiger partial charge in [0, 0.05) is 18.5 Å². The number of anilines is 1. The highest BCUT2D eigenvalue weighted by atomic mass is 15.2. The maximum Gasteiger partial charge on any atom is 0.145 e. The molecule has 1 aliphatic heterocycles. The van der Waals surface area contributed by atoms with E-state index < -0.39 is 0 Å². The van der Waals surface area contributed by atoms with E-state index in [2.05, 4.69) is 21.7 Å². The fourth-order valence-corrected chi connectivity index (χ4v) is 3.85. The van der Waals surface area contributed by atoms with Crippen molar-refractivity contribution >= 4 is 11.5 Å². The summed E-state index contributed by atoms with van der Waals surface area (Å²) in [5.41, 5.74) is 16.3. The standard InChI is InChI=1S/C17H19N5/c18-12-4-3-11-7-17(13(11)6-12)9-22-14(16(19)21-17)8-20-15(22)5-10-1-2-10/h3-4,6,8,10H,1-2,5,7,9,18H2,(H2,19,21)/t17-/m0/s1. The van der Waals surface area contributed by atoms with Gasteiger partial charge in [-0.25, -0.2) is 4.98 Å². The Bertz CT molecular complexity index is 814. The molecule has 3 aliphatic rings. The average Bonchev–Trinajstić information content (AvgIpc) is 3.21. The Morgan fingerprint density at radius 1 is 1.27 bits per heavy atom. The average molecular weight is 293 g/mol. The van der Waals surface area contributed by atoms with Crippen LogP contribution in [-0.4, -0.2) is 15.4 Å². The molecular weight excluding hydrogens is 274 g/mol. The number of fused-ring (bicyclic) bond motifs is 3. The van der Waals surface area contributed by atoms with Gasteiger partial charge in [0.1, 0.15) is 22.9 Å². The molecule has 5 nitrogen and oxygen atoms in total. The Hall–Kier alpha value is -2.30. The van der Waals surface area contributed by atoms with Gasteiger partial charge in [-0.05, 0) is 42.0 Å². The molecule has 22 heavy (non-hydrogen) atoms. The van der Waals surface area contributed by atoms with Gasteiger partial charge in [-0.15, -0.1) is 0 Å². The number of nitrogens with zero attached hydrogens (tertiary/aromatic N) is 3. The molecule has 2 aromatic rings. The number of amidine groups is 1. The molecule has 4 N–H and O–H groups in total. The van der Waals surface area contributed by atoms with E-state index in [0.717, 1.165) is 42.5 Å². The third kappa shape index (κ3) is 1.59. The van der Waals surface area contributed by atoms with Gasteiger partial charge in [-0.2, -0.15) is 0 Å². The third-order valence-electron chi connectivity index (χ3n) is 5.24. The molecule has 1 aromatic heterocycles. The quantitative estimate of drug-likeness (QED) is 0.825.